The molecule has 0 aromatic rings. The van der Waals surface area contributed by atoms with E-state index in [1.54, 1.807) is 13.8 Å². The monoisotopic (exact) mass is 277 g/mol. The summed E-state index contributed by atoms with van der Waals surface area (Å²) in [6.45, 7) is 9.80. The van der Waals surface area contributed by atoms with Crippen molar-refractivity contribution in [2.24, 2.45) is 16.7 Å². The summed E-state index contributed by atoms with van der Waals surface area (Å²) in [4.78, 5) is 22.7. The maximum absolute atomic E-state index is 11.9. The summed E-state index contributed by atoms with van der Waals surface area (Å²) in [5.41, 5.74) is -0.802. The summed E-state index contributed by atoms with van der Waals surface area (Å²) in [7, 11) is 0. The molecule has 18 heavy (non-hydrogen) atoms. The number of alkyl halides is 1. The van der Waals surface area contributed by atoms with E-state index in [1.165, 1.54) is 0 Å². The van der Waals surface area contributed by atoms with Crippen LogP contribution < -0.4 is 5.32 Å². The van der Waals surface area contributed by atoms with Crippen molar-refractivity contribution in [2.75, 3.05) is 12.4 Å². The molecular weight excluding hydrogens is 254 g/mol. The Kier molecular flexibility index (Phi) is 6.14. The molecule has 5 heteroatoms. The third kappa shape index (κ3) is 5.71. The zero-order valence-corrected chi connectivity index (χ0v) is 12.6. The highest BCUT2D eigenvalue weighted by Crippen LogP contribution is 2.28. The van der Waals surface area contributed by atoms with Crippen LogP contribution in [0, 0.1) is 16.7 Å². The van der Waals surface area contributed by atoms with E-state index in [-0.39, 0.29) is 29.5 Å². The molecule has 0 spiro atoms. The van der Waals surface area contributed by atoms with Crippen molar-refractivity contribution in [3.05, 3.63) is 0 Å². The highest BCUT2D eigenvalue weighted by Gasteiger charge is 2.30. The molecule has 0 aliphatic rings. The van der Waals surface area contributed by atoms with E-state index in [0.717, 1.165) is 0 Å². The minimum absolute atomic E-state index is 0.0467. The maximum atomic E-state index is 11.9. The second kappa shape index (κ2) is 6.41. The largest absolute Gasteiger partial charge is 0.481 e. The number of hydrogen-bond donors (Lipinski definition) is 2. The van der Waals surface area contributed by atoms with Gasteiger partial charge in [-0.15, -0.1) is 11.6 Å². The molecule has 0 aliphatic heterocycles. The lowest BCUT2D eigenvalue weighted by atomic mass is 9.78. The number of carbonyl (C=O) groups is 2. The normalized spacial score (nSPS) is 14.1. The van der Waals surface area contributed by atoms with E-state index in [4.69, 9.17) is 16.7 Å². The second-order valence-corrected chi connectivity index (χ2v) is 6.66. The van der Waals surface area contributed by atoms with Crippen LogP contribution in [-0.4, -0.2) is 29.4 Å². The molecule has 0 aromatic carbocycles. The van der Waals surface area contributed by atoms with Gasteiger partial charge in [0, 0.05) is 12.4 Å². The van der Waals surface area contributed by atoms with E-state index in [2.05, 4.69) is 5.32 Å². The Labute approximate surface area is 114 Å². The molecule has 0 aromatic heterocycles. The third-order valence-electron chi connectivity index (χ3n) is 3.10. The first kappa shape index (κ1) is 17.2. The molecule has 2 N–H and O–H groups in total. The van der Waals surface area contributed by atoms with E-state index >= 15 is 0 Å². The van der Waals surface area contributed by atoms with Gasteiger partial charge in [-0.1, -0.05) is 20.8 Å². The summed E-state index contributed by atoms with van der Waals surface area (Å²) in [6, 6.07) is 0. The Morgan fingerprint density at radius 2 is 1.72 bits per heavy atom. The number of rotatable bonds is 6. The molecular formula is C13H24ClNO3. The molecule has 0 fully saturated rings. The van der Waals surface area contributed by atoms with Gasteiger partial charge in [0.1, 0.15) is 0 Å². The molecule has 0 saturated carbocycles. The number of halogens is 1. The van der Waals surface area contributed by atoms with E-state index in [9.17, 15) is 9.59 Å². The smallest absolute Gasteiger partial charge is 0.303 e. The van der Waals surface area contributed by atoms with Crippen molar-refractivity contribution in [2.45, 2.75) is 41.0 Å². The Morgan fingerprint density at radius 1 is 1.22 bits per heavy atom. The molecule has 1 amide bonds. The number of nitrogens with one attached hydrogen (secondary N) is 1. The average molecular weight is 278 g/mol. The van der Waals surface area contributed by atoms with Gasteiger partial charge in [-0.3, -0.25) is 9.59 Å². The van der Waals surface area contributed by atoms with Gasteiger partial charge >= 0.3 is 5.97 Å². The van der Waals surface area contributed by atoms with Crippen LogP contribution in [0.4, 0.5) is 0 Å². The lowest BCUT2D eigenvalue weighted by Crippen LogP contribution is -2.43. The van der Waals surface area contributed by atoms with Crippen LogP contribution in [0.3, 0.4) is 0 Å². The second-order valence-electron chi connectivity index (χ2n) is 6.39. The number of hydrogen-bond acceptors (Lipinski definition) is 2. The van der Waals surface area contributed by atoms with Crippen LogP contribution in [0.5, 0.6) is 0 Å². The van der Waals surface area contributed by atoms with Gasteiger partial charge in [0.15, 0.2) is 0 Å². The first-order valence-electron chi connectivity index (χ1n) is 6.06. The zero-order chi connectivity index (χ0) is 14.6. The standard InChI is InChI=1S/C13H24ClNO3/c1-12(2,3)9(6-10(16)17)7-15-11(18)13(4,5)8-14/h9H,6-8H2,1-5H3,(H,15,18)(H,16,17). The molecule has 1 atom stereocenters. The van der Waals surface area contributed by atoms with E-state index in [1.807, 2.05) is 20.8 Å². The van der Waals surface area contributed by atoms with Gasteiger partial charge in [0.05, 0.1) is 11.8 Å². The van der Waals surface area contributed by atoms with Gasteiger partial charge in [-0.05, 0) is 25.2 Å². The molecule has 0 rings (SSSR count). The van der Waals surface area contributed by atoms with Crippen LogP contribution >= 0.6 is 11.6 Å². The fraction of sp³-hybridized carbons (Fsp3) is 0.846. The molecule has 106 valence electrons. The third-order valence-corrected chi connectivity index (χ3v) is 3.77. The minimum Gasteiger partial charge on any atom is -0.481 e. The predicted octanol–water partition coefficient (Wildman–Crippen LogP) is 2.50. The summed E-state index contributed by atoms with van der Waals surface area (Å²) in [5, 5.41) is 11.7. The van der Waals surface area contributed by atoms with Crippen LogP contribution in [0.1, 0.15) is 41.0 Å². The Hall–Kier alpha value is -0.770. The highest BCUT2D eigenvalue weighted by atomic mass is 35.5. The van der Waals surface area contributed by atoms with Crippen molar-refractivity contribution in [1.29, 1.82) is 0 Å². The van der Waals surface area contributed by atoms with Gasteiger partial charge in [0.2, 0.25) is 5.91 Å². The fourth-order valence-corrected chi connectivity index (χ4v) is 1.53. The Morgan fingerprint density at radius 3 is 2.06 bits per heavy atom. The molecule has 0 aliphatic carbocycles. The summed E-state index contributed by atoms with van der Waals surface area (Å²) in [6.07, 6.45) is 0.0467. The minimum atomic E-state index is -0.847. The first-order valence-corrected chi connectivity index (χ1v) is 6.60. The van der Waals surface area contributed by atoms with Crippen molar-refractivity contribution < 1.29 is 14.7 Å². The number of aliphatic carboxylic acids is 1. The van der Waals surface area contributed by atoms with Gasteiger partial charge < -0.3 is 10.4 Å². The lowest BCUT2D eigenvalue weighted by Gasteiger charge is -2.31. The first-order chi connectivity index (χ1) is 8.00. The lowest BCUT2D eigenvalue weighted by molar-refractivity contribution is -0.139. The predicted molar refractivity (Wildman–Crippen MR) is 72.7 cm³/mol. The average Bonchev–Trinajstić information content (AvgIpc) is 2.21. The number of amides is 1. The topological polar surface area (TPSA) is 66.4 Å². The van der Waals surface area contributed by atoms with E-state index < -0.39 is 11.4 Å². The molecule has 0 radical (unpaired) electrons. The van der Waals surface area contributed by atoms with E-state index in [0.29, 0.717) is 6.54 Å². The van der Waals surface area contributed by atoms with Crippen molar-refractivity contribution in [3.8, 4) is 0 Å². The van der Waals surface area contributed by atoms with Crippen molar-refractivity contribution in [3.63, 3.8) is 0 Å². The highest BCUT2D eigenvalue weighted by molar-refractivity contribution is 6.19. The molecule has 0 heterocycles. The number of carboxylic acid groups (broad SMARTS) is 1. The van der Waals surface area contributed by atoms with Crippen LogP contribution in [0.2, 0.25) is 0 Å². The van der Waals surface area contributed by atoms with Crippen LogP contribution in [-0.2, 0) is 9.59 Å². The molecule has 0 bridgehead atoms. The SMILES string of the molecule is CC(C)(CCl)C(=O)NCC(CC(=O)O)C(C)(C)C. The summed E-state index contributed by atoms with van der Waals surface area (Å²) in [5.74, 6) is -0.860. The van der Waals surface area contributed by atoms with Crippen molar-refractivity contribution in [1.82, 2.24) is 5.32 Å². The molecule has 4 nitrogen and oxygen atoms in total. The Balaban J connectivity index is 4.54. The zero-order valence-electron chi connectivity index (χ0n) is 11.8. The summed E-state index contributed by atoms with van der Waals surface area (Å²) < 4.78 is 0. The van der Waals surface area contributed by atoms with Crippen molar-refractivity contribution >= 4 is 23.5 Å². The van der Waals surface area contributed by atoms with Crippen LogP contribution in [0.25, 0.3) is 0 Å². The van der Waals surface area contributed by atoms with Gasteiger partial charge in [0.25, 0.3) is 0 Å². The molecule has 0 saturated heterocycles. The number of carbonyl (C=O) groups excluding carboxylic acids is 1. The fourth-order valence-electron chi connectivity index (χ4n) is 1.41. The Bertz CT molecular complexity index is 308. The van der Waals surface area contributed by atoms with Gasteiger partial charge in [-0.25, -0.2) is 0 Å². The quantitative estimate of drug-likeness (QED) is 0.733. The molecule has 1 unspecified atom stereocenters. The summed E-state index contributed by atoms with van der Waals surface area (Å²) >= 11 is 5.72. The number of carboxylic acids is 1. The van der Waals surface area contributed by atoms with Crippen LogP contribution in [0.15, 0.2) is 0 Å². The van der Waals surface area contributed by atoms with Gasteiger partial charge in [-0.2, -0.15) is 0 Å². The maximum Gasteiger partial charge on any atom is 0.303 e.